The van der Waals surface area contributed by atoms with Crippen LogP contribution in [0.2, 0.25) is 0 Å². The second-order valence-electron chi connectivity index (χ2n) is 4.64. The quantitative estimate of drug-likeness (QED) is 0.503. The minimum Gasteiger partial charge on any atom is -0.295 e. The highest BCUT2D eigenvalue weighted by atomic mass is 16.1. The standard InChI is InChI=1S/C16H22O2/c1-13(2)7-5-9-15(17)11-12-16(18)10-6-8-14(3)4/h5-10H,11-12H2,1-4H3. The molecule has 0 aromatic carbocycles. The van der Waals surface area contributed by atoms with Gasteiger partial charge in [0, 0.05) is 12.8 Å². The Morgan fingerprint density at radius 1 is 0.722 bits per heavy atom. The van der Waals surface area contributed by atoms with Gasteiger partial charge in [0.25, 0.3) is 0 Å². The van der Waals surface area contributed by atoms with Crippen LogP contribution in [0.25, 0.3) is 0 Å². The number of ketones is 2. The van der Waals surface area contributed by atoms with Crippen LogP contribution >= 0.6 is 0 Å². The van der Waals surface area contributed by atoms with Gasteiger partial charge in [0.05, 0.1) is 0 Å². The fraction of sp³-hybridized carbons (Fsp3) is 0.375. The smallest absolute Gasteiger partial charge is 0.156 e. The van der Waals surface area contributed by atoms with Gasteiger partial charge in [-0.15, -0.1) is 0 Å². The number of rotatable bonds is 7. The molecule has 18 heavy (non-hydrogen) atoms. The molecule has 0 N–H and O–H groups in total. The van der Waals surface area contributed by atoms with E-state index in [0.717, 1.165) is 11.1 Å². The zero-order chi connectivity index (χ0) is 14.0. The van der Waals surface area contributed by atoms with E-state index in [-0.39, 0.29) is 24.4 Å². The topological polar surface area (TPSA) is 34.1 Å². The molecule has 0 amide bonds. The largest absolute Gasteiger partial charge is 0.295 e. The molecule has 0 saturated heterocycles. The van der Waals surface area contributed by atoms with Crippen molar-refractivity contribution >= 4 is 11.6 Å². The average Bonchev–Trinajstić information content (AvgIpc) is 2.25. The maximum Gasteiger partial charge on any atom is 0.156 e. The second kappa shape index (κ2) is 9.34. The van der Waals surface area contributed by atoms with Crippen molar-refractivity contribution < 1.29 is 9.59 Å². The van der Waals surface area contributed by atoms with Crippen LogP contribution in [0.3, 0.4) is 0 Å². The Bertz CT molecular complexity index is 359. The van der Waals surface area contributed by atoms with Crippen LogP contribution in [0.1, 0.15) is 40.5 Å². The van der Waals surface area contributed by atoms with Crippen molar-refractivity contribution in [3.8, 4) is 0 Å². The molecule has 0 aliphatic carbocycles. The molecular formula is C16H22O2. The lowest BCUT2D eigenvalue weighted by Crippen LogP contribution is -1.98. The van der Waals surface area contributed by atoms with Gasteiger partial charge in [0.15, 0.2) is 11.6 Å². The first-order valence-corrected chi connectivity index (χ1v) is 6.10. The molecule has 0 aliphatic rings. The van der Waals surface area contributed by atoms with Crippen molar-refractivity contribution in [1.82, 2.24) is 0 Å². The summed E-state index contributed by atoms with van der Waals surface area (Å²) in [6.07, 6.45) is 10.8. The third-order valence-electron chi connectivity index (χ3n) is 2.04. The number of hydrogen-bond donors (Lipinski definition) is 0. The molecule has 0 spiro atoms. The molecule has 2 nitrogen and oxygen atoms in total. The fourth-order valence-corrected chi connectivity index (χ4v) is 1.11. The van der Waals surface area contributed by atoms with E-state index in [2.05, 4.69) is 0 Å². The molecule has 0 fully saturated rings. The zero-order valence-corrected chi connectivity index (χ0v) is 11.7. The molecule has 0 heterocycles. The van der Waals surface area contributed by atoms with E-state index in [9.17, 15) is 9.59 Å². The molecule has 2 heteroatoms. The third kappa shape index (κ3) is 10.8. The molecule has 0 saturated carbocycles. The lowest BCUT2D eigenvalue weighted by molar-refractivity contribution is -0.119. The van der Waals surface area contributed by atoms with E-state index in [1.54, 1.807) is 12.2 Å². The average molecular weight is 246 g/mol. The Labute approximate surface area is 110 Å². The summed E-state index contributed by atoms with van der Waals surface area (Å²) >= 11 is 0. The van der Waals surface area contributed by atoms with Crippen molar-refractivity contribution in [3.05, 3.63) is 47.6 Å². The lowest BCUT2D eigenvalue weighted by Gasteiger charge is -1.92. The molecule has 0 aliphatic heterocycles. The third-order valence-corrected chi connectivity index (χ3v) is 2.04. The lowest BCUT2D eigenvalue weighted by atomic mass is 10.1. The molecular weight excluding hydrogens is 224 g/mol. The highest BCUT2D eigenvalue weighted by Gasteiger charge is 2.00. The van der Waals surface area contributed by atoms with Crippen molar-refractivity contribution in [2.75, 3.05) is 0 Å². The summed E-state index contributed by atoms with van der Waals surface area (Å²) in [7, 11) is 0. The van der Waals surface area contributed by atoms with Crippen LogP contribution in [0.5, 0.6) is 0 Å². The first-order valence-electron chi connectivity index (χ1n) is 6.10. The van der Waals surface area contributed by atoms with E-state index in [1.165, 1.54) is 12.2 Å². The van der Waals surface area contributed by atoms with E-state index in [1.807, 2.05) is 39.8 Å². The summed E-state index contributed by atoms with van der Waals surface area (Å²) in [5, 5.41) is 0. The predicted molar refractivity (Wildman–Crippen MR) is 76.4 cm³/mol. The normalized spacial score (nSPS) is 10.7. The molecule has 0 radical (unpaired) electrons. The summed E-state index contributed by atoms with van der Waals surface area (Å²) < 4.78 is 0. The maximum absolute atomic E-state index is 11.4. The molecule has 0 aromatic rings. The van der Waals surface area contributed by atoms with Gasteiger partial charge in [0.1, 0.15) is 0 Å². The van der Waals surface area contributed by atoms with Crippen molar-refractivity contribution in [3.63, 3.8) is 0 Å². The SMILES string of the molecule is CC(C)=CC=CC(=O)CCC(=O)C=CC=C(C)C. The summed E-state index contributed by atoms with van der Waals surface area (Å²) in [4.78, 5) is 22.8. The number of carbonyl (C=O) groups is 2. The minimum atomic E-state index is -0.0172. The maximum atomic E-state index is 11.4. The van der Waals surface area contributed by atoms with Gasteiger partial charge in [-0.1, -0.05) is 35.5 Å². The van der Waals surface area contributed by atoms with Crippen LogP contribution in [0.15, 0.2) is 47.6 Å². The van der Waals surface area contributed by atoms with Crippen molar-refractivity contribution in [1.29, 1.82) is 0 Å². The molecule has 0 atom stereocenters. The van der Waals surface area contributed by atoms with E-state index >= 15 is 0 Å². The molecule has 0 bridgehead atoms. The first-order chi connectivity index (χ1) is 8.41. The van der Waals surface area contributed by atoms with Gasteiger partial charge in [-0.25, -0.2) is 0 Å². The summed E-state index contributed by atoms with van der Waals surface area (Å²) in [6, 6.07) is 0. The zero-order valence-electron chi connectivity index (χ0n) is 11.7. The number of hydrogen-bond acceptors (Lipinski definition) is 2. The molecule has 0 unspecified atom stereocenters. The van der Waals surface area contributed by atoms with Gasteiger partial charge in [-0.05, 0) is 39.8 Å². The summed E-state index contributed by atoms with van der Waals surface area (Å²) in [5.41, 5.74) is 2.28. The van der Waals surface area contributed by atoms with Gasteiger partial charge >= 0.3 is 0 Å². The fourth-order valence-electron chi connectivity index (χ4n) is 1.11. The number of allylic oxidation sites excluding steroid dienone is 8. The van der Waals surface area contributed by atoms with E-state index < -0.39 is 0 Å². The summed E-state index contributed by atoms with van der Waals surface area (Å²) in [5.74, 6) is -0.0343. The Balaban J connectivity index is 4.03. The van der Waals surface area contributed by atoms with Gasteiger partial charge in [0.2, 0.25) is 0 Å². The molecule has 0 aromatic heterocycles. The van der Waals surface area contributed by atoms with Crippen LogP contribution < -0.4 is 0 Å². The Morgan fingerprint density at radius 3 is 1.33 bits per heavy atom. The van der Waals surface area contributed by atoms with E-state index in [4.69, 9.17) is 0 Å². The predicted octanol–water partition coefficient (Wildman–Crippen LogP) is 3.95. The van der Waals surface area contributed by atoms with E-state index in [0.29, 0.717) is 0 Å². The van der Waals surface area contributed by atoms with Crippen LogP contribution in [-0.2, 0) is 9.59 Å². The Kier molecular flexibility index (Phi) is 8.46. The summed E-state index contributed by atoms with van der Waals surface area (Å²) in [6.45, 7) is 7.86. The molecule has 98 valence electrons. The van der Waals surface area contributed by atoms with Crippen LogP contribution in [-0.4, -0.2) is 11.6 Å². The number of carbonyl (C=O) groups excluding carboxylic acids is 2. The van der Waals surface area contributed by atoms with Crippen LogP contribution in [0, 0.1) is 0 Å². The Morgan fingerprint density at radius 2 is 1.06 bits per heavy atom. The highest BCUT2D eigenvalue weighted by Crippen LogP contribution is 1.98. The van der Waals surface area contributed by atoms with Gasteiger partial charge < -0.3 is 0 Å². The van der Waals surface area contributed by atoms with Crippen LogP contribution in [0.4, 0.5) is 0 Å². The monoisotopic (exact) mass is 246 g/mol. The van der Waals surface area contributed by atoms with Crippen molar-refractivity contribution in [2.45, 2.75) is 40.5 Å². The highest BCUT2D eigenvalue weighted by molar-refractivity contribution is 5.96. The first kappa shape index (κ1) is 16.3. The minimum absolute atomic E-state index is 0.0172. The van der Waals surface area contributed by atoms with Crippen molar-refractivity contribution in [2.24, 2.45) is 0 Å². The Hall–Kier alpha value is -1.70. The second-order valence-corrected chi connectivity index (χ2v) is 4.64. The van der Waals surface area contributed by atoms with Gasteiger partial charge in [-0.2, -0.15) is 0 Å². The van der Waals surface area contributed by atoms with Gasteiger partial charge in [-0.3, -0.25) is 9.59 Å². The molecule has 0 rings (SSSR count).